The lowest BCUT2D eigenvalue weighted by Crippen LogP contribution is -2.50. The minimum atomic E-state index is 0.143. The zero-order valence-corrected chi connectivity index (χ0v) is 36.5. The number of nitrogens with zero attached hydrogens (tertiary/aromatic N) is 22. The van der Waals surface area contributed by atoms with Crippen LogP contribution < -0.4 is 39.2 Å². The molecule has 4 aromatic rings. The number of hydrogen-bond donors (Lipinski definition) is 0. The molecule has 0 bridgehead atoms. The first-order chi connectivity index (χ1) is 29.1. The van der Waals surface area contributed by atoms with Gasteiger partial charge in [0.15, 0.2) is 0 Å². The molecule has 5 fully saturated rings. The van der Waals surface area contributed by atoms with Crippen LogP contribution in [0.4, 0.5) is 47.6 Å². The third-order valence-corrected chi connectivity index (χ3v) is 12.1. The molecule has 0 saturated carbocycles. The van der Waals surface area contributed by atoms with Gasteiger partial charge in [-0.2, -0.15) is 59.8 Å². The molecule has 5 saturated heterocycles. The summed E-state index contributed by atoms with van der Waals surface area (Å²) in [6, 6.07) is 0. The molecule has 0 spiro atoms. The molecule has 26 heteroatoms. The Morgan fingerprint density at radius 3 is 0.517 bits per heavy atom. The molecule has 9 rings (SSSR count). The lowest BCUT2D eigenvalue weighted by atomic mass is 10.3. The lowest BCUT2D eigenvalue weighted by Gasteiger charge is -2.37. The number of aromatic nitrogens is 12. The number of anilines is 8. The van der Waals surface area contributed by atoms with Crippen LogP contribution in [-0.2, 0) is 0 Å². The lowest BCUT2D eigenvalue weighted by molar-refractivity contribution is 0.311. The Bertz CT molecular complexity index is 1970. The largest absolute Gasteiger partial charge is 0.338 e. The molecular weight excluding hydrogens is 858 g/mol. The minimum absolute atomic E-state index is 0.143. The fraction of sp³-hybridized carbons (Fsp3) is 0.647. The molecule has 4 aromatic heterocycles. The number of likely N-dealkylation sites (N-methyl/N-ethyl adjacent to an activating group) is 2. The maximum absolute atomic E-state index is 6.50. The summed E-state index contributed by atoms with van der Waals surface area (Å²) >= 11 is 25.8. The molecule has 9 heterocycles. The Hall–Kier alpha value is -4.48. The van der Waals surface area contributed by atoms with Crippen molar-refractivity contribution < 1.29 is 0 Å². The fourth-order valence-electron chi connectivity index (χ4n) is 7.78. The SMILES string of the molecule is CN1CCN(c2nc(Cl)nc(N3CCN(c4nc(Cl)nc(N5CCN(c6nc(Cl)nc(N7CCN(c8nc(Cl)nc(N9CCN(C)CC9)n8)CC7)n6)CC5)n4)CC3)n2)CC1. The molecule has 22 nitrogen and oxygen atoms in total. The second-order valence-corrected chi connectivity index (χ2v) is 16.7. The van der Waals surface area contributed by atoms with Crippen LogP contribution in [-0.4, -0.2) is 215 Å². The average molecular weight is 905 g/mol. The molecule has 60 heavy (non-hydrogen) atoms. The Morgan fingerprint density at radius 1 is 0.233 bits per heavy atom. The molecule has 0 amide bonds. The van der Waals surface area contributed by atoms with E-state index in [9.17, 15) is 0 Å². The highest BCUT2D eigenvalue weighted by molar-refractivity contribution is 6.29. The normalized spacial score (nSPS) is 20.1. The molecule has 0 aromatic carbocycles. The summed E-state index contributed by atoms with van der Waals surface area (Å²) < 4.78 is 0. The molecular formula is C34H46Cl4N22. The van der Waals surface area contributed by atoms with Crippen LogP contribution in [0.15, 0.2) is 0 Å². The van der Waals surface area contributed by atoms with Crippen molar-refractivity contribution in [2.24, 2.45) is 0 Å². The molecule has 0 N–H and O–H groups in total. The van der Waals surface area contributed by atoms with E-state index in [0.717, 1.165) is 52.4 Å². The van der Waals surface area contributed by atoms with E-state index in [0.29, 0.717) is 126 Å². The van der Waals surface area contributed by atoms with Gasteiger partial charge in [0.1, 0.15) is 0 Å². The van der Waals surface area contributed by atoms with E-state index in [2.05, 4.69) is 103 Å². The van der Waals surface area contributed by atoms with Gasteiger partial charge in [-0.25, -0.2) is 0 Å². The molecule has 5 aliphatic heterocycles. The van der Waals surface area contributed by atoms with Crippen molar-refractivity contribution in [3.8, 4) is 0 Å². The maximum atomic E-state index is 6.50. The summed E-state index contributed by atoms with van der Waals surface area (Å²) in [7, 11) is 4.23. The van der Waals surface area contributed by atoms with Gasteiger partial charge >= 0.3 is 0 Å². The van der Waals surface area contributed by atoms with Crippen molar-refractivity contribution in [3.63, 3.8) is 0 Å². The van der Waals surface area contributed by atoms with Gasteiger partial charge in [0.25, 0.3) is 0 Å². The summed E-state index contributed by atoms with van der Waals surface area (Å²) in [4.78, 5) is 76.5. The molecule has 0 atom stereocenters. The average Bonchev–Trinajstić information content (AvgIpc) is 3.26. The maximum Gasteiger partial charge on any atom is 0.231 e. The Kier molecular flexibility index (Phi) is 12.2. The van der Waals surface area contributed by atoms with Crippen molar-refractivity contribution in [1.82, 2.24) is 69.6 Å². The van der Waals surface area contributed by atoms with Crippen molar-refractivity contribution >= 4 is 94.0 Å². The van der Waals surface area contributed by atoms with E-state index < -0.39 is 0 Å². The topological polar surface area (TPSA) is 187 Å². The Labute approximate surface area is 367 Å². The number of hydrogen-bond acceptors (Lipinski definition) is 22. The highest BCUT2D eigenvalue weighted by atomic mass is 35.5. The molecule has 0 aliphatic carbocycles. The van der Waals surface area contributed by atoms with Gasteiger partial charge in [-0.05, 0) is 60.5 Å². The van der Waals surface area contributed by atoms with E-state index >= 15 is 0 Å². The third kappa shape index (κ3) is 9.37. The molecule has 0 radical (unpaired) electrons. The Balaban J connectivity index is 0.794. The van der Waals surface area contributed by atoms with Gasteiger partial charge < -0.3 is 49.0 Å². The zero-order valence-electron chi connectivity index (χ0n) is 33.5. The van der Waals surface area contributed by atoms with Crippen LogP contribution >= 0.6 is 46.4 Å². The van der Waals surface area contributed by atoms with Gasteiger partial charge in [-0.3, -0.25) is 0 Å². The second-order valence-electron chi connectivity index (χ2n) is 15.3. The van der Waals surface area contributed by atoms with Crippen LogP contribution in [0.2, 0.25) is 21.1 Å². The van der Waals surface area contributed by atoms with E-state index in [1.807, 2.05) is 0 Å². The second kappa shape index (κ2) is 17.9. The van der Waals surface area contributed by atoms with Crippen molar-refractivity contribution in [1.29, 1.82) is 0 Å². The predicted molar refractivity (Wildman–Crippen MR) is 232 cm³/mol. The van der Waals surface area contributed by atoms with Gasteiger partial charge in [-0.1, -0.05) is 0 Å². The highest BCUT2D eigenvalue weighted by Gasteiger charge is 2.29. The molecule has 320 valence electrons. The summed E-state index contributed by atoms with van der Waals surface area (Å²) in [6.45, 7) is 14.8. The van der Waals surface area contributed by atoms with E-state index in [1.54, 1.807) is 0 Å². The van der Waals surface area contributed by atoms with Crippen molar-refractivity contribution in [3.05, 3.63) is 21.1 Å². The standard InChI is InChI=1S/C34H46Cl4N22/c1-51-3-7-53(8-4-51)27-39-23(35)41-29(47-27)55-11-15-57(16-12-55)31-43-25(37)45-33(49-31)59-19-21-60(22-20-59)34-46-26(38)44-32(50-34)58-17-13-56(14-18-58)30-42-24(36)40-28(48-30)54-9-5-52(2)6-10-54/h3-22H2,1-2H3. The fourth-order valence-corrected chi connectivity index (χ4v) is 8.39. The van der Waals surface area contributed by atoms with Crippen molar-refractivity contribution in [2.45, 2.75) is 0 Å². The third-order valence-electron chi connectivity index (χ3n) is 11.4. The van der Waals surface area contributed by atoms with Crippen LogP contribution in [0.1, 0.15) is 0 Å². The summed E-state index contributed by atoms with van der Waals surface area (Å²) in [5.74, 6) is 4.47. The first kappa shape index (κ1) is 40.9. The molecule has 0 unspecified atom stereocenters. The predicted octanol–water partition coefficient (Wildman–Crippen LogP) is 0.524. The first-order valence-corrected chi connectivity index (χ1v) is 21.6. The quantitative estimate of drug-likeness (QED) is 0.238. The Morgan fingerprint density at radius 2 is 0.367 bits per heavy atom. The summed E-state index contributed by atoms with van der Waals surface area (Å²) in [6.07, 6.45) is 0. The number of rotatable bonds is 8. The summed E-state index contributed by atoms with van der Waals surface area (Å²) in [5.41, 5.74) is 0. The highest BCUT2D eigenvalue weighted by Crippen LogP contribution is 2.26. The number of piperazine rings is 5. The van der Waals surface area contributed by atoms with Gasteiger partial charge in [0.2, 0.25) is 68.7 Å². The van der Waals surface area contributed by atoms with Crippen LogP contribution in [0.25, 0.3) is 0 Å². The molecule has 5 aliphatic rings. The number of halogens is 4. The van der Waals surface area contributed by atoms with Crippen LogP contribution in [0.5, 0.6) is 0 Å². The smallest absolute Gasteiger partial charge is 0.231 e. The van der Waals surface area contributed by atoms with E-state index in [-0.39, 0.29) is 21.1 Å². The zero-order chi connectivity index (χ0) is 41.3. The monoisotopic (exact) mass is 902 g/mol. The summed E-state index contributed by atoms with van der Waals surface area (Å²) in [5, 5.41) is 0.670. The van der Waals surface area contributed by atoms with Gasteiger partial charge in [0.05, 0.1) is 0 Å². The first-order valence-electron chi connectivity index (χ1n) is 20.1. The van der Waals surface area contributed by atoms with Gasteiger partial charge in [0, 0.05) is 131 Å². The van der Waals surface area contributed by atoms with E-state index in [1.165, 1.54) is 0 Å². The minimum Gasteiger partial charge on any atom is -0.338 e. The van der Waals surface area contributed by atoms with Crippen molar-refractivity contribution in [2.75, 3.05) is 184 Å². The van der Waals surface area contributed by atoms with E-state index in [4.69, 9.17) is 66.3 Å². The van der Waals surface area contributed by atoms with Gasteiger partial charge in [-0.15, -0.1) is 0 Å². The van der Waals surface area contributed by atoms with Crippen LogP contribution in [0.3, 0.4) is 0 Å². The van der Waals surface area contributed by atoms with Crippen LogP contribution in [0, 0.1) is 0 Å².